The van der Waals surface area contributed by atoms with Crippen molar-refractivity contribution >= 4 is 20.2 Å². The summed E-state index contributed by atoms with van der Waals surface area (Å²) in [6, 6.07) is 9.95. The molecule has 2 N–H and O–H groups in total. The van der Waals surface area contributed by atoms with Gasteiger partial charge in [-0.25, -0.2) is 0 Å². The highest BCUT2D eigenvalue weighted by atomic mass is 32.2. The molecular weight excluding hydrogens is 504 g/mol. The molecule has 1 aromatic carbocycles. The predicted octanol–water partition coefficient (Wildman–Crippen LogP) is 3.22. The predicted molar refractivity (Wildman–Crippen MR) is 106 cm³/mol. The molecule has 2 rings (SSSR count). The molecule has 0 unspecified atom stereocenters. The van der Waals surface area contributed by atoms with E-state index in [1.807, 2.05) is 42.5 Å². The average Bonchev–Trinajstić information content (AvgIpc) is 2.66. The van der Waals surface area contributed by atoms with E-state index in [9.17, 15) is 26.3 Å². The number of allylic oxidation sites excluding steroid dienone is 3. The minimum absolute atomic E-state index is 0.597. The highest BCUT2D eigenvalue weighted by Crippen LogP contribution is 2.21. The largest absolute Gasteiger partial charge is 0.522 e. The molecule has 0 amide bonds. The monoisotopic (exact) mass is 519 g/mol. The van der Waals surface area contributed by atoms with Crippen LogP contribution in [0.25, 0.3) is 0 Å². The summed E-state index contributed by atoms with van der Waals surface area (Å²) in [6.45, 7) is 1.43. The van der Waals surface area contributed by atoms with E-state index in [4.69, 9.17) is 32.4 Å². The summed E-state index contributed by atoms with van der Waals surface area (Å²) in [7, 11) is -11.7. The summed E-state index contributed by atoms with van der Waals surface area (Å²) in [5, 5.41) is 0. The van der Waals surface area contributed by atoms with Gasteiger partial charge in [-0.15, -0.1) is 6.42 Å². The van der Waals surface area contributed by atoms with Crippen molar-refractivity contribution in [2.75, 3.05) is 13.1 Å². The van der Waals surface area contributed by atoms with E-state index in [1.165, 1.54) is 0 Å². The Morgan fingerprint density at radius 2 is 1.36 bits per heavy atom. The lowest BCUT2D eigenvalue weighted by Crippen LogP contribution is -2.24. The molecule has 1 heterocycles. The van der Waals surface area contributed by atoms with Crippen molar-refractivity contribution < 1.29 is 52.3 Å². The van der Waals surface area contributed by atoms with Crippen molar-refractivity contribution in [3.8, 4) is 24.2 Å². The van der Waals surface area contributed by atoms with Crippen LogP contribution in [0, 0.1) is 24.2 Å². The van der Waals surface area contributed by atoms with Crippen LogP contribution in [0.15, 0.2) is 54.3 Å². The molecule has 15 heteroatoms. The molecule has 0 radical (unpaired) electrons. The maximum Gasteiger partial charge on any atom is 0.522 e. The van der Waals surface area contributed by atoms with E-state index in [2.05, 4.69) is 28.7 Å². The fraction of sp³-hybridized carbons (Fsp3) is 0.222. The highest BCUT2D eigenvalue weighted by Gasteiger charge is 2.45. The first kappa shape index (κ1) is 30.0. The molecule has 33 heavy (non-hydrogen) atoms. The van der Waals surface area contributed by atoms with Crippen LogP contribution >= 0.6 is 0 Å². The lowest BCUT2D eigenvalue weighted by Gasteiger charge is -2.22. The van der Waals surface area contributed by atoms with E-state index in [1.54, 1.807) is 0 Å². The van der Waals surface area contributed by atoms with Crippen molar-refractivity contribution in [2.24, 2.45) is 0 Å². The third-order valence-electron chi connectivity index (χ3n) is 3.03. The Labute approximate surface area is 185 Å². The second kappa shape index (κ2) is 12.3. The van der Waals surface area contributed by atoms with Crippen LogP contribution in [0.3, 0.4) is 0 Å². The molecule has 0 aromatic heterocycles. The van der Waals surface area contributed by atoms with E-state index in [-0.39, 0.29) is 0 Å². The number of rotatable bonds is 1. The van der Waals surface area contributed by atoms with Crippen LogP contribution in [0.2, 0.25) is 0 Å². The highest BCUT2D eigenvalue weighted by molar-refractivity contribution is 7.86. The Balaban J connectivity index is 0.000000539. The maximum absolute atomic E-state index is 10.7. The Hall–Kier alpha value is -2.98. The molecule has 0 fully saturated rings. The van der Waals surface area contributed by atoms with E-state index < -0.39 is 31.3 Å². The van der Waals surface area contributed by atoms with Gasteiger partial charge < -0.3 is 4.90 Å². The zero-order valence-corrected chi connectivity index (χ0v) is 17.8. The van der Waals surface area contributed by atoms with Gasteiger partial charge in [-0.2, -0.15) is 43.2 Å². The van der Waals surface area contributed by atoms with Gasteiger partial charge in [0.25, 0.3) is 0 Å². The zero-order chi connectivity index (χ0) is 25.9. The third-order valence-corrected chi connectivity index (χ3v) is 4.20. The van der Waals surface area contributed by atoms with Gasteiger partial charge in [0.2, 0.25) is 0 Å². The third kappa shape index (κ3) is 12.0. The number of alkyl halides is 6. The Morgan fingerprint density at radius 3 is 1.76 bits per heavy atom. The van der Waals surface area contributed by atoms with E-state index in [0.29, 0.717) is 6.54 Å². The van der Waals surface area contributed by atoms with Crippen LogP contribution in [0.5, 0.6) is 0 Å². The van der Waals surface area contributed by atoms with Crippen LogP contribution < -0.4 is 0 Å². The van der Waals surface area contributed by atoms with Gasteiger partial charge in [0, 0.05) is 12.1 Å². The van der Waals surface area contributed by atoms with Crippen molar-refractivity contribution in [2.45, 2.75) is 11.0 Å². The van der Waals surface area contributed by atoms with Gasteiger partial charge in [-0.1, -0.05) is 42.2 Å². The molecule has 0 spiro atoms. The Morgan fingerprint density at radius 1 is 0.909 bits per heavy atom. The maximum atomic E-state index is 10.7. The Bertz CT molecular complexity index is 1110. The summed E-state index contributed by atoms with van der Waals surface area (Å²) in [5.74, 6) is 8.95. The summed E-state index contributed by atoms with van der Waals surface area (Å²) in [4.78, 5) is 2.08. The lowest BCUT2D eigenvalue weighted by atomic mass is 10.2. The number of halogens is 6. The van der Waals surface area contributed by atoms with Crippen molar-refractivity contribution in [1.29, 1.82) is 0 Å². The standard InChI is InChI=1S/C16H13N.2CHF3O3S/c1-2-13-17-14-7-6-10-16(17)12-11-15-8-4-3-5-9-15;2*2-1(3,4)8(5,6)7/h1,3-10H,13-14H2;2*(H,5,6,7). The summed E-state index contributed by atoms with van der Waals surface area (Å²) >= 11 is 0. The van der Waals surface area contributed by atoms with Gasteiger partial charge >= 0.3 is 31.3 Å². The molecule has 0 atom stereocenters. The van der Waals surface area contributed by atoms with Crippen molar-refractivity contribution in [3.63, 3.8) is 0 Å². The number of benzene rings is 1. The van der Waals surface area contributed by atoms with Crippen LogP contribution in [-0.2, 0) is 20.2 Å². The van der Waals surface area contributed by atoms with Gasteiger partial charge in [-0.05, 0) is 24.1 Å². The van der Waals surface area contributed by atoms with Crippen LogP contribution in [0.4, 0.5) is 26.3 Å². The molecule has 0 saturated heterocycles. The van der Waals surface area contributed by atoms with Crippen molar-refractivity contribution in [1.82, 2.24) is 4.90 Å². The zero-order valence-electron chi connectivity index (χ0n) is 16.2. The first-order valence-electron chi connectivity index (χ1n) is 8.10. The topological polar surface area (TPSA) is 112 Å². The van der Waals surface area contributed by atoms with Gasteiger partial charge in [0.15, 0.2) is 0 Å². The molecule has 0 bridgehead atoms. The van der Waals surface area contributed by atoms with Crippen LogP contribution in [-0.4, -0.2) is 54.9 Å². The quantitative estimate of drug-likeness (QED) is 0.254. The number of hydrogen-bond donors (Lipinski definition) is 2. The smallest absolute Gasteiger partial charge is 0.350 e. The fourth-order valence-corrected chi connectivity index (χ4v) is 1.59. The molecular formula is C18H15F6NO6S2. The molecule has 7 nitrogen and oxygen atoms in total. The molecule has 0 aliphatic carbocycles. The normalized spacial score (nSPS) is 13.7. The number of hydrogen-bond acceptors (Lipinski definition) is 5. The average molecular weight is 519 g/mol. The van der Waals surface area contributed by atoms with Crippen LogP contribution in [0.1, 0.15) is 5.56 Å². The number of nitrogens with zero attached hydrogens (tertiary/aromatic N) is 1. The lowest BCUT2D eigenvalue weighted by molar-refractivity contribution is -0.0514. The molecule has 0 saturated carbocycles. The van der Waals surface area contributed by atoms with Gasteiger partial charge in [0.05, 0.1) is 12.2 Å². The fourth-order valence-electron chi connectivity index (χ4n) is 1.59. The van der Waals surface area contributed by atoms with Crippen molar-refractivity contribution in [3.05, 3.63) is 59.8 Å². The second-order valence-electron chi connectivity index (χ2n) is 5.52. The summed E-state index contributed by atoms with van der Waals surface area (Å²) in [6.07, 6.45) is 11.4. The Kier molecular flexibility index (Phi) is 11.2. The molecule has 1 aromatic rings. The molecule has 182 valence electrons. The first-order chi connectivity index (χ1) is 14.9. The van der Waals surface area contributed by atoms with Gasteiger partial charge in [0.1, 0.15) is 0 Å². The molecule has 1 aliphatic rings. The minimum Gasteiger partial charge on any atom is -0.350 e. The van der Waals surface area contributed by atoms with Gasteiger partial charge in [-0.3, -0.25) is 9.11 Å². The van der Waals surface area contributed by atoms with E-state index in [0.717, 1.165) is 17.8 Å². The second-order valence-corrected chi connectivity index (χ2v) is 8.35. The first-order valence-corrected chi connectivity index (χ1v) is 11.0. The van der Waals surface area contributed by atoms with E-state index >= 15 is 0 Å². The molecule has 1 aliphatic heterocycles. The number of terminal acetylenes is 1. The SMILES string of the molecule is C#CCN1CC=CC=C1C#Cc1ccccc1.O=S(=O)(O)C(F)(F)F.O=S(=O)(O)C(F)(F)F. The summed E-state index contributed by atoms with van der Waals surface area (Å²) < 4.78 is 115. The minimum atomic E-state index is -5.84. The summed E-state index contributed by atoms with van der Waals surface area (Å²) in [5.41, 5.74) is -9.07.